The summed E-state index contributed by atoms with van der Waals surface area (Å²) in [7, 11) is -0.00589. The van der Waals surface area contributed by atoms with E-state index in [2.05, 4.69) is 35.8 Å². The van der Waals surface area contributed by atoms with E-state index in [1.807, 2.05) is 59.5 Å². The first kappa shape index (κ1) is 38.7. The van der Waals surface area contributed by atoms with Crippen LogP contribution in [0.15, 0.2) is 72.8 Å². The Hall–Kier alpha value is -3.08. The van der Waals surface area contributed by atoms with Crippen LogP contribution in [0.4, 0.5) is 5.69 Å². The minimum absolute atomic E-state index is 0.0461. The first-order valence-corrected chi connectivity index (χ1v) is 21.3. The number of para-hydroxylation sites is 1. The number of benzene rings is 3. The van der Waals surface area contributed by atoms with Crippen molar-refractivity contribution >= 4 is 52.6 Å². The number of nitrogens with one attached hydrogen (secondary N) is 2. The van der Waals surface area contributed by atoms with Gasteiger partial charge in [0.05, 0.1) is 13.2 Å². The number of carbonyl (C=O) groups is 3. The summed E-state index contributed by atoms with van der Waals surface area (Å²) in [6.07, 6.45) is 5.44. The fourth-order valence-corrected chi connectivity index (χ4v) is 8.30. The Morgan fingerprint density at radius 1 is 0.857 bits per heavy atom. The molecule has 1 aliphatic rings. The summed E-state index contributed by atoms with van der Waals surface area (Å²) in [6, 6.07) is 24.0. The maximum atomic E-state index is 13.4. The van der Waals surface area contributed by atoms with Gasteiger partial charge in [-0.2, -0.15) is 0 Å². The molecule has 2 atom stereocenters. The molecule has 264 valence electrons. The molecule has 0 spiro atoms. The van der Waals surface area contributed by atoms with Crippen LogP contribution < -0.4 is 15.5 Å². The van der Waals surface area contributed by atoms with Gasteiger partial charge in [-0.1, -0.05) is 89.0 Å². The van der Waals surface area contributed by atoms with Gasteiger partial charge >= 0.3 is 7.60 Å². The molecule has 4 rings (SSSR count). The number of hydrogen-bond donors (Lipinski definition) is 3. The Labute approximate surface area is 298 Å². The number of nitrogens with zero attached hydrogens (tertiary/aromatic N) is 1. The van der Waals surface area contributed by atoms with E-state index in [-0.39, 0.29) is 42.4 Å². The van der Waals surface area contributed by atoms with Crippen molar-refractivity contribution in [1.82, 2.24) is 10.6 Å². The zero-order valence-corrected chi connectivity index (χ0v) is 30.9. The summed E-state index contributed by atoms with van der Waals surface area (Å²) < 4.78 is 16.0. The molecule has 49 heavy (non-hydrogen) atoms. The molecular formula is C37H48N3O6PS2. The number of fused-ring (bicyclic) bond motifs is 2. The van der Waals surface area contributed by atoms with Crippen molar-refractivity contribution in [1.29, 1.82) is 0 Å². The van der Waals surface area contributed by atoms with Crippen molar-refractivity contribution in [3.05, 3.63) is 101 Å². The third-order valence-electron chi connectivity index (χ3n) is 8.31. The fourth-order valence-electron chi connectivity index (χ4n) is 5.59. The monoisotopic (exact) mass is 725 g/mol. The summed E-state index contributed by atoms with van der Waals surface area (Å²) in [5, 5.41) is 6.11. The molecule has 0 radical (unpaired) electrons. The molecule has 3 N–H and O–H groups in total. The van der Waals surface area contributed by atoms with Gasteiger partial charge in [-0.25, -0.2) is 0 Å². The van der Waals surface area contributed by atoms with Crippen molar-refractivity contribution in [3.63, 3.8) is 0 Å². The maximum absolute atomic E-state index is 13.4. The van der Waals surface area contributed by atoms with Gasteiger partial charge in [-0.15, -0.1) is 0 Å². The van der Waals surface area contributed by atoms with E-state index in [0.717, 1.165) is 60.2 Å². The number of unbranched alkanes of at least 4 members (excludes halogenated alkanes) is 3. The summed E-state index contributed by atoms with van der Waals surface area (Å²) in [6.45, 7) is 5.17. The van der Waals surface area contributed by atoms with Gasteiger partial charge in [0.15, 0.2) is 0 Å². The summed E-state index contributed by atoms with van der Waals surface area (Å²) in [5.74, 6) is 0.462. The Kier molecular flexibility index (Phi) is 15.8. The molecule has 3 aromatic rings. The van der Waals surface area contributed by atoms with Crippen molar-refractivity contribution < 1.29 is 28.4 Å². The highest BCUT2D eigenvalue weighted by Crippen LogP contribution is 2.38. The Bertz CT molecular complexity index is 1580. The lowest BCUT2D eigenvalue weighted by Gasteiger charge is -2.29. The summed E-state index contributed by atoms with van der Waals surface area (Å²) >= 11 is 0. The predicted molar refractivity (Wildman–Crippen MR) is 201 cm³/mol. The molecule has 2 unspecified atom stereocenters. The van der Waals surface area contributed by atoms with E-state index in [1.54, 1.807) is 21.6 Å². The predicted octanol–water partition coefficient (Wildman–Crippen LogP) is 7.48. The number of carbonyl (C=O) groups excluding carboxylic acids is 3. The van der Waals surface area contributed by atoms with Gasteiger partial charge in [0.1, 0.15) is 0 Å². The minimum atomic E-state index is -3.40. The average molecular weight is 726 g/mol. The lowest BCUT2D eigenvalue weighted by atomic mass is 9.95. The SMILES string of the molecule is CC(SSCCNC(=O)CCC(=O)N1Cc2ccccc2CCc2ccccc21)c1ccc(C(=O)NCCCCCCOP(C)(=O)O)cc1. The standard InChI is InChI=1S/C37H48N3O6PS2/c1-28(29-15-19-32(20-16-29)37(43)39-23-9-3-4-10-25-46-47(2,44)45)49-48-26-24-38-35(41)21-22-36(42)40-27-33-13-6-5-11-30(33)17-18-31-12-7-8-14-34(31)40/h5-8,11-16,19-20,28H,3-4,9-10,17-18,21-27H2,1-2H3,(H,38,41)(H,39,43)(H,44,45). The van der Waals surface area contributed by atoms with Crippen LogP contribution >= 0.6 is 29.2 Å². The molecule has 3 aromatic carbocycles. The van der Waals surface area contributed by atoms with Crippen LogP contribution in [0.3, 0.4) is 0 Å². The van der Waals surface area contributed by atoms with Crippen LogP contribution in [0.1, 0.15) is 83.3 Å². The van der Waals surface area contributed by atoms with Crippen molar-refractivity contribution in [3.8, 4) is 0 Å². The average Bonchev–Trinajstić information content (AvgIpc) is 3.08. The Morgan fingerprint density at radius 2 is 1.53 bits per heavy atom. The van der Waals surface area contributed by atoms with Crippen molar-refractivity contribution in [2.24, 2.45) is 0 Å². The molecule has 0 saturated heterocycles. The second kappa shape index (κ2) is 19.9. The molecule has 1 aliphatic heterocycles. The first-order valence-electron chi connectivity index (χ1n) is 16.9. The fraction of sp³-hybridized carbons (Fsp3) is 0.432. The van der Waals surface area contributed by atoms with Gasteiger partial charge in [-0.05, 0) is 73.1 Å². The second-order valence-electron chi connectivity index (χ2n) is 12.2. The van der Waals surface area contributed by atoms with Gasteiger partial charge in [0, 0.05) is 54.8 Å². The van der Waals surface area contributed by atoms with Gasteiger partial charge in [0.2, 0.25) is 11.8 Å². The Balaban J connectivity index is 1.10. The smallest absolute Gasteiger partial charge is 0.325 e. The van der Waals surface area contributed by atoms with E-state index in [0.29, 0.717) is 31.6 Å². The molecular weight excluding hydrogens is 678 g/mol. The van der Waals surface area contributed by atoms with E-state index >= 15 is 0 Å². The molecule has 9 nitrogen and oxygen atoms in total. The van der Waals surface area contributed by atoms with Crippen LogP contribution in [-0.4, -0.2) is 54.7 Å². The van der Waals surface area contributed by atoms with Crippen molar-refractivity contribution in [2.75, 3.05) is 37.0 Å². The largest absolute Gasteiger partial charge is 0.355 e. The normalized spacial score (nSPS) is 14.4. The topological polar surface area (TPSA) is 125 Å². The first-order chi connectivity index (χ1) is 23.6. The zero-order valence-electron chi connectivity index (χ0n) is 28.4. The number of rotatable bonds is 18. The number of aryl methyl sites for hydroxylation is 2. The molecule has 0 saturated carbocycles. The van der Waals surface area contributed by atoms with Crippen LogP contribution in [0.5, 0.6) is 0 Å². The van der Waals surface area contributed by atoms with Gasteiger partial charge < -0.3 is 25.0 Å². The lowest BCUT2D eigenvalue weighted by molar-refractivity contribution is -0.125. The second-order valence-corrected chi connectivity index (χ2v) is 16.9. The third-order valence-corrected chi connectivity index (χ3v) is 11.8. The van der Waals surface area contributed by atoms with Gasteiger partial charge in [-0.3, -0.25) is 18.9 Å². The van der Waals surface area contributed by atoms with Crippen LogP contribution in [0, 0.1) is 0 Å². The molecule has 1 heterocycles. The summed E-state index contributed by atoms with van der Waals surface area (Å²) in [5.41, 5.74) is 6.23. The minimum Gasteiger partial charge on any atom is -0.355 e. The maximum Gasteiger partial charge on any atom is 0.325 e. The summed E-state index contributed by atoms with van der Waals surface area (Å²) in [4.78, 5) is 49.5. The highest BCUT2D eigenvalue weighted by Gasteiger charge is 2.23. The van der Waals surface area contributed by atoms with Crippen LogP contribution in [0.25, 0.3) is 0 Å². The quantitative estimate of drug-likeness (QED) is 0.0701. The molecule has 0 bridgehead atoms. The van der Waals surface area contributed by atoms with E-state index < -0.39 is 7.60 Å². The number of anilines is 1. The highest BCUT2D eigenvalue weighted by molar-refractivity contribution is 8.76. The van der Waals surface area contributed by atoms with E-state index in [9.17, 15) is 18.9 Å². The third kappa shape index (κ3) is 13.3. The number of hydrogen-bond acceptors (Lipinski definition) is 7. The molecule has 0 aromatic heterocycles. The van der Waals surface area contributed by atoms with Crippen LogP contribution in [-0.2, 0) is 38.1 Å². The zero-order chi connectivity index (χ0) is 35.1. The van der Waals surface area contributed by atoms with Gasteiger partial charge in [0.25, 0.3) is 5.91 Å². The molecule has 0 aliphatic carbocycles. The molecule has 0 fully saturated rings. The highest BCUT2D eigenvalue weighted by atomic mass is 33.1. The van der Waals surface area contributed by atoms with E-state index in [4.69, 9.17) is 9.42 Å². The Morgan fingerprint density at radius 3 is 2.29 bits per heavy atom. The molecule has 3 amide bonds. The lowest BCUT2D eigenvalue weighted by Crippen LogP contribution is -2.34. The molecule has 12 heteroatoms. The van der Waals surface area contributed by atoms with E-state index in [1.165, 1.54) is 12.2 Å². The number of amides is 3. The van der Waals surface area contributed by atoms with Crippen molar-refractivity contribution in [2.45, 2.75) is 70.1 Å². The van der Waals surface area contributed by atoms with Crippen LogP contribution in [0.2, 0.25) is 0 Å².